The molecule has 19 heavy (non-hydrogen) atoms. The average molecular weight is 262 g/mol. The molecule has 0 aliphatic heterocycles. The van der Waals surface area contributed by atoms with E-state index in [9.17, 15) is 8.78 Å². The van der Waals surface area contributed by atoms with Gasteiger partial charge in [0.1, 0.15) is 11.6 Å². The highest BCUT2D eigenvalue weighted by Gasteiger charge is 2.09. The highest BCUT2D eigenvalue weighted by Crippen LogP contribution is 2.28. The molecule has 0 heterocycles. The Bertz CT molecular complexity index is 549. The topological polar surface area (TPSA) is 9.23 Å². The molecule has 0 saturated carbocycles. The van der Waals surface area contributed by atoms with Crippen LogP contribution in [0.4, 0.5) is 8.78 Å². The molecule has 0 aromatic heterocycles. The molecule has 1 nitrogen and oxygen atoms in total. The van der Waals surface area contributed by atoms with Gasteiger partial charge in [0.05, 0.1) is 0 Å². The third kappa shape index (κ3) is 3.31. The first kappa shape index (κ1) is 13.5. The molecule has 2 rings (SSSR count). The second kappa shape index (κ2) is 5.83. The van der Waals surface area contributed by atoms with Gasteiger partial charge in [-0.3, -0.25) is 0 Å². The Hall–Kier alpha value is -1.90. The van der Waals surface area contributed by atoms with Crippen molar-refractivity contribution >= 4 is 0 Å². The van der Waals surface area contributed by atoms with Crippen LogP contribution in [0.1, 0.15) is 31.7 Å². The minimum atomic E-state index is -0.401. The molecular formula is C16H16F2O. The molecule has 0 bridgehead atoms. The van der Waals surface area contributed by atoms with Crippen molar-refractivity contribution in [2.75, 3.05) is 0 Å². The van der Waals surface area contributed by atoms with Crippen LogP contribution in [0, 0.1) is 11.6 Å². The van der Waals surface area contributed by atoms with Gasteiger partial charge < -0.3 is 4.74 Å². The third-order valence-corrected chi connectivity index (χ3v) is 3.18. The fourth-order valence-electron chi connectivity index (χ4n) is 1.77. The summed E-state index contributed by atoms with van der Waals surface area (Å²) in [5, 5.41) is 0. The normalized spacial score (nSPS) is 12.2. The molecule has 100 valence electrons. The fraction of sp³-hybridized carbons (Fsp3) is 0.250. The average Bonchev–Trinajstić information content (AvgIpc) is 2.42. The van der Waals surface area contributed by atoms with Gasteiger partial charge in [0.15, 0.2) is 11.6 Å². The lowest BCUT2D eigenvalue weighted by atomic mass is 9.98. The van der Waals surface area contributed by atoms with Gasteiger partial charge in [-0.1, -0.05) is 19.9 Å². The van der Waals surface area contributed by atoms with Crippen LogP contribution < -0.4 is 4.74 Å². The molecular weight excluding hydrogens is 246 g/mol. The molecule has 2 aromatic rings. The maximum atomic E-state index is 13.9. The summed E-state index contributed by atoms with van der Waals surface area (Å²) in [6, 6.07) is 10.5. The van der Waals surface area contributed by atoms with E-state index in [2.05, 4.69) is 13.8 Å². The highest BCUT2D eigenvalue weighted by molar-refractivity contribution is 5.35. The van der Waals surface area contributed by atoms with Crippen LogP contribution in [0.25, 0.3) is 0 Å². The van der Waals surface area contributed by atoms with Crippen molar-refractivity contribution < 1.29 is 13.5 Å². The third-order valence-electron chi connectivity index (χ3n) is 3.18. The van der Waals surface area contributed by atoms with Crippen LogP contribution in [0.15, 0.2) is 42.5 Å². The predicted molar refractivity (Wildman–Crippen MR) is 71.6 cm³/mol. The molecule has 2 aromatic carbocycles. The zero-order valence-corrected chi connectivity index (χ0v) is 11.0. The van der Waals surface area contributed by atoms with Crippen LogP contribution in [0.5, 0.6) is 11.5 Å². The molecule has 1 atom stereocenters. The molecule has 0 fully saturated rings. The van der Waals surface area contributed by atoms with Crippen molar-refractivity contribution in [3.8, 4) is 11.5 Å². The Morgan fingerprint density at radius 2 is 1.74 bits per heavy atom. The van der Waals surface area contributed by atoms with Gasteiger partial charge in [-0.25, -0.2) is 8.78 Å². The molecule has 0 aliphatic rings. The lowest BCUT2D eigenvalue weighted by Gasteiger charge is -2.11. The van der Waals surface area contributed by atoms with Gasteiger partial charge in [0.25, 0.3) is 0 Å². The van der Waals surface area contributed by atoms with Gasteiger partial charge >= 0.3 is 0 Å². The summed E-state index contributed by atoms with van der Waals surface area (Å²) < 4.78 is 32.1. The minimum Gasteiger partial charge on any atom is -0.454 e. The minimum absolute atomic E-state index is 0.152. The molecule has 3 heteroatoms. The SMILES string of the molecule is CCC(C)c1ccc(Oc2ccc(F)cc2)c(F)c1. The quantitative estimate of drug-likeness (QED) is 0.729. The fourth-order valence-corrected chi connectivity index (χ4v) is 1.77. The molecule has 0 spiro atoms. The molecule has 0 radical (unpaired) electrons. The molecule has 0 aliphatic carbocycles. The summed E-state index contributed by atoms with van der Waals surface area (Å²) in [6.45, 7) is 4.11. The van der Waals surface area contributed by atoms with E-state index in [0.717, 1.165) is 12.0 Å². The van der Waals surface area contributed by atoms with Crippen LogP contribution in [0.3, 0.4) is 0 Å². The van der Waals surface area contributed by atoms with Crippen molar-refractivity contribution in [1.82, 2.24) is 0 Å². The Morgan fingerprint density at radius 3 is 2.32 bits per heavy atom. The second-order valence-electron chi connectivity index (χ2n) is 4.56. The molecule has 0 amide bonds. The van der Waals surface area contributed by atoms with Crippen molar-refractivity contribution in [1.29, 1.82) is 0 Å². The van der Waals surface area contributed by atoms with Crippen molar-refractivity contribution in [3.63, 3.8) is 0 Å². The smallest absolute Gasteiger partial charge is 0.166 e. The maximum absolute atomic E-state index is 13.9. The van der Waals surface area contributed by atoms with E-state index in [1.54, 1.807) is 6.07 Å². The number of rotatable bonds is 4. The summed E-state index contributed by atoms with van der Waals surface area (Å²) in [5.41, 5.74) is 0.950. The van der Waals surface area contributed by atoms with Crippen LogP contribution in [-0.2, 0) is 0 Å². The highest BCUT2D eigenvalue weighted by atomic mass is 19.1. The van der Waals surface area contributed by atoms with E-state index in [0.29, 0.717) is 11.7 Å². The van der Waals surface area contributed by atoms with E-state index < -0.39 is 5.82 Å². The van der Waals surface area contributed by atoms with E-state index in [-0.39, 0.29) is 11.6 Å². The monoisotopic (exact) mass is 262 g/mol. The zero-order valence-electron chi connectivity index (χ0n) is 11.0. The van der Waals surface area contributed by atoms with E-state index in [1.165, 1.54) is 30.3 Å². The van der Waals surface area contributed by atoms with Gasteiger partial charge in [-0.15, -0.1) is 0 Å². The number of benzene rings is 2. The maximum Gasteiger partial charge on any atom is 0.166 e. The van der Waals surface area contributed by atoms with Crippen molar-refractivity contribution in [3.05, 3.63) is 59.7 Å². The molecule has 1 unspecified atom stereocenters. The first-order valence-electron chi connectivity index (χ1n) is 6.33. The van der Waals surface area contributed by atoms with Gasteiger partial charge in [0, 0.05) is 0 Å². The van der Waals surface area contributed by atoms with Crippen LogP contribution in [0.2, 0.25) is 0 Å². The Kier molecular flexibility index (Phi) is 4.15. The number of hydrogen-bond acceptors (Lipinski definition) is 1. The first-order chi connectivity index (χ1) is 9.10. The number of hydrogen-bond donors (Lipinski definition) is 0. The number of ether oxygens (including phenoxy) is 1. The van der Waals surface area contributed by atoms with E-state index in [1.807, 2.05) is 6.07 Å². The Morgan fingerprint density at radius 1 is 1.05 bits per heavy atom. The largest absolute Gasteiger partial charge is 0.454 e. The van der Waals surface area contributed by atoms with Gasteiger partial charge in [-0.2, -0.15) is 0 Å². The summed E-state index contributed by atoms with van der Waals surface area (Å²) >= 11 is 0. The second-order valence-corrected chi connectivity index (χ2v) is 4.56. The summed E-state index contributed by atoms with van der Waals surface area (Å²) in [5.74, 6) is 0.131. The first-order valence-corrected chi connectivity index (χ1v) is 6.33. The van der Waals surface area contributed by atoms with Crippen LogP contribution in [-0.4, -0.2) is 0 Å². The Labute approximate surface area is 111 Å². The van der Waals surface area contributed by atoms with Gasteiger partial charge in [-0.05, 0) is 54.3 Å². The zero-order chi connectivity index (χ0) is 13.8. The lowest BCUT2D eigenvalue weighted by Crippen LogP contribution is -1.94. The predicted octanol–water partition coefficient (Wildman–Crippen LogP) is 5.27. The van der Waals surface area contributed by atoms with Gasteiger partial charge in [0.2, 0.25) is 0 Å². The molecule has 0 saturated heterocycles. The summed E-state index contributed by atoms with van der Waals surface area (Å²) in [6.07, 6.45) is 0.956. The van der Waals surface area contributed by atoms with Crippen LogP contribution >= 0.6 is 0 Å². The number of halogens is 2. The summed E-state index contributed by atoms with van der Waals surface area (Å²) in [7, 11) is 0. The van der Waals surface area contributed by atoms with Crippen molar-refractivity contribution in [2.24, 2.45) is 0 Å². The summed E-state index contributed by atoms with van der Waals surface area (Å²) in [4.78, 5) is 0. The lowest BCUT2D eigenvalue weighted by molar-refractivity contribution is 0.440. The molecule has 0 N–H and O–H groups in total. The van der Waals surface area contributed by atoms with E-state index >= 15 is 0 Å². The standard InChI is InChI=1S/C16H16F2O/c1-3-11(2)12-4-9-16(15(18)10-12)19-14-7-5-13(17)6-8-14/h4-11H,3H2,1-2H3. The van der Waals surface area contributed by atoms with E-state index in [4.69, 9.17) is 4.74 Å². The Balaban J connectivity index is 2.19. The van der Waals surface area contributed by atoms with Crippen molar-refractivity contribution in [2.45, 2.75) is 26.2 Å².